The van der Waals surface area contributed by atoms with Crippen LogP contribution in [-0.4, -0.2) is 18.7 Å². The predicted molar refractivity (Wildman–Crippen MR) is 221 cm³/mol. The maximum atomic E-state index is 11.1. The van der Waals surface area contributed by atoms with Gasteiger partial charge in [-0.1, -0.05) is 96.6 Å². The van der Waals surface area contributed by atoms with Crippen molar-refractivity contribution >= 4 is 13.3 Å². The number of aryl methyl sites for hydroxylation is 2. The van der Waals surface area contributed by atoms with E-state index in [4.69, 9.17) is 6.58 Å². The maximum Gasteiger partial charge on any atom is 0.213 e. The highest BCUT2D eigenvalue weighted by molar-refractivity contribution is 6.89. The third-order valence-corrected chi connectivity index (χ3v) is 14.7. The summed E-state index contributed by atoms with van der Waals surface area (Å²) in [7, 11) is -1.68. The number of nitrogens with one attached hydrogen (secondary N) is 1. The molecule has 0 saturated heterocycles. The van der Waals surface area contributed by atoms with Gasteiger partial charge in [0, 0.05) is 46.8 Å². The van der Waals surface area contributed by atoms with Crippen LogP contribution in [0, 0.1) is 24.7 Å². The van der Waals surface area contributed by atoms with Gasteiger partial charge in [0.2, 0.25) is 5.69 Å². The second-order valence-corrected chi connectivity index (χ2v) is 23.0. The predicted octanol–water partition coefficient (Wildman–Crippen LogP) is 10.1. The van der Waals surface area contributed by atoms with Crippen LogP contribution < -0.4 is 19.6 Å². The van der Waals surface area contributed by atoms with E-state index in [1.54, 1.807) is 5.19 Å². The number of hydrogen-bond donors (Lipinski definition) is 2. The van der Waals surface area contributed by atoms with E-state index in [1.807, 2.05) is 0 Å². The van der Waals surface area contributed by atoms with Crippen LogP contribution in [0.3, 0.4) is 0 Å². The Hall–Kier alpha value is -3.44. The molecule has 3 aliphatic rings. The van der Waals surface area contributed by atoms with E-state index in [2.05, 4.69) is 135 Å². The minimum atomic E-state index is -1.68. The van der Waals surface area contributed by atoms with Crippen molar-refractivity contribution in [3.05, 3.63) is 114 Å². The van der Waals surface area contributed by atoms with Gasteiger partial charge in [0.05, 0.1) is 19.6 Å². The molecule has 1 fully saturated rings. The van der Waals surface area contributed by atoms with Crippen molar-refractivity contribution in [1.82, 2.24) is 5.32 Å². The highest BCUT2D eigenvalue weighted by atomic mass is 28.3. The molecule has 278 valence electrons. The van der Waals surface area contributed by atoms with E-state index in [-0.39, 0.29) is 29.3 Å². The van der Waals surface area contributed by atoms with Crippen molar-refractivity contribution < 1.29 is 14.2 Å². The molecule has 2 aromatic heterocycles. The molecule has 0 bridgehead atoms. The fourth-order valence-corrected chi connectivity index (χ4v) is 12.0. The van der Waals surface area contributed by atoms with Gasteiger partial charge in [-0.05, 0) is 93.0 Å². The number of fused-ring (bicyclic) bond motifs is 7. The number of hydrogen-bond acceptors (Lipinski definition) is 2. The van der Waals surface area contributed by atoms with Crippen LogP contribution in [0.4, 0.5) is 0 Å². The zero-order valence-corrected chi connectivity index (χ0v) is 34.5. The van der Waals surface area contributed by atoms with Gasteiger partial charge in [0.1, 0.15) is 0 Å². The van der Waals surface area contributed by atoms with Crippen molar-refractivity contribution in [3.63, 3.8) is 0 Å². The van der Waals surface area contributed by atoms with Gasteiger partial charge in [-0.15, -0.1) is 0 Å². The molecule has 2 N–H and O–H groups in total. The van der Waals surface area contributed by atoms with Gasteiger partial charge < -0.3 is 10.4 Å². The SMILES string of the molecule is C=C(O)NC1(C2CCCCC2)CCc2cc(C)cc[n+]2CC(=C)C2C(CCC1C=CCC)c1ccccc1-c1cc(CC(C)C)c([Si](C)(C)C)c[n+]12. The van der Waals surface area contributed by atoms with Gasteiger partial charge in [0.15, 0.2) is 36.6 Å². The number of allylic oxidation sites excluding steroid dienone is 2. The van der Waals surface area contributed by atoms with Crippen molar-refractivity contribution in [3.8, 4) is 11.3 Å². The molecule has 3 aromatic rings. The topological polar surface area (TPSA) is 40.0 Å². The van der Waals surface area contributed by atoms with E-state index in [0.29, 0.717) is 11.8 Å². The molecule has 5 heteroatoms. The molecule has 4 nitrogen and oxygen atoms in total. The lowest BCUT2D eigenvalue weighted by Crippen LogP contribution is -2.58. The van der Waals surface area contributed by atoms with Gasteiger partial charge >= 0.3 is 0 Å². The summed E-state index contributed by atoms with van der Waals surface area (Å²) in [5, 5.41) is 16.4. The Labute approximate surface area is 316 Å². The van der Waals surface area contributed by atoms with Crippen LogP contribution >= 0.6 is 0 Å². The minimum absolute atomic E-state index is 0.111. The second kappa shape index (κ2) is 15.9. The quantitative estimate of drug-likeness (QED) is 0.105. The Kier molecular flexibility index (Phi) is 11.7. The monoisotopic (exact) mass is 718 g/mol. The lowest BCUT2D eigenvalue weighted by molar-refractivity contribution is -0.727. The largest absolute Gasteiger partial charge is 0.495 e. The first-order chi connectivity index (χ1) is 24.8. The van der Waals surface area contributed by atoms with Gasteiger partial charge in [0.25, 0.3) is 0 Å². The van der Waals surface area contributed by atoms with Crippen LogP contribution in [0.1, 0.15) is 113 Å². The summed E-state index contributed by atoms with van der Waals surface area (Å²) in [4.78, 5) is 0. The Balaban J connectivity index is 1.59. The first kappa shape index (κ1) is 38.3. The lowest BCUT2D eigenvalue weighted by Gasteiger charge is -2.49. The summed E-state index contributed by atoms with van der Waals surface area (Å²) < 4.78 is 5.16. The summed E-state index contributed by atoms with van der Waals surface area (Å²) in [6.07, 6.45) is 22.0. The standard InChI is InChI=1S/C47H66N3OSi/c1-10-11-17-39-22-23-43-41-20-15-16-21-42(41)44-30-37(28-33(2)3)45(52(7,8)9)32-50(44)46(43)35(5)31-49-27-25-34(4)29-40(49)24-26-47(39,48-36(6)51)38-18-13-12-14-19-38/h11,15-17,20-21,25,27,29-30,32-33,38-39,43,46,48H,5-6,10,12-14,18-19,22-24,26,28,31H2,1-4,7-9H3/q+1/p+1. The highest BCUT2D eigenvalue weighted by Crippen LogP contribution is 2.48. The molecule has 4 unspecified atom stereocenters. The number of pyridine rings is 2. The Morgan fingerprint density at radius 3 is 2.50 bits per heavy atom. The maximum absolute atomic E-state index is 11.1. The van der Waals surface area contributed by atoms with Crippen LogP contribution in [0.5, 0.6) is 0 Å². The molecule has 2 aliphatic heterocycles. The second-order valence-electron chi connectivity index (χ2n) is 17.9. The third-order valence-electron chi connectivity index (χ3n) is 12.6. The van der Waals surface area contributed by atoms with Crippen LogP contribution in [0.25, 0.3) is 11.3 Å². The summed E-state index contributed by atoms with van der Waals surface area (Å²) in [5.74, 6) is 1.70. The summed E-state index contributed by atoms with van der Waals surface area (Å²) in [6, 6.07) is 16.6. The van der Waals surface area contributed by atoms with E-state index in [0.717, 1.165) is 45.1 Å². The first-order valence-corrected chi connectivity index (χ1v) is 24.0. The fourth-order valence-electron chi connectivity index (χ4n) is 10.3. The molecule has 0 amide bonds. The number of aliphatic hydroxyl groups excluding tert-OH is 1. The number of rotatable bonds is 8. The molecule has 1 aromatic carbocycles. The van der Waals surface area contributed by atoms with Crippen LogP contribution in [0.2, 0.25) is 19.6 Å². The number of nitrogens with zero attached hydrogens (tertiary/aromatic N) is 2. The fraction of sp³-hybridized carbons (Fsp3) is 0.532. The molecule has 0 radical (unpaired) electrons. The highest BCUT2D eigenvalue weighted by Gasteiger charge is 2.48. The zero-order valence-electron chi connectivity index (χ0n) is 33.5. The van der Waals surface area contributed by atoms with Crippen molar-refractivity contribution in [1.29, 1.82) is 0 Å². The van der Waals surface area contributed by atoms with Crippen molar-refractivity contribution in [2.45, 2.75) is 142 Å². The zero-order chi connectivity index (χ0) is 37.2. The smallest absolute Gasteiger partial charge is 0.213 e. The molecule has 4 atom stereocenters. The van der Waals surface area contributed by atoms with Crippen LogP contribution in [0.15, 0.2) is 91.6 Å². The van der Waals surface area contributed by atoms with Gasteiger partial charge in [-0.3, -0.25) is 0 Å². The Morgan fingerprint density at radius 1 is 1.06 bits per heavy atom. The molecular weight excluding hydrogens is 651 g/mol. The summed E-state index contributed by atoms with van der Waals surface area (Å²) in [5.41, 5.74) is 9.32. The molecule has 1 saturated carbocycles. The number of aliphatic hydroxyl groups is 1. The average Bonchev–Trinajstić information content (AvgIpc) is 3.10. The first-order valence-electron chi connectivity index (χ1n) is 20.5. The molecular formula is C47H67N3OSi+2. The van der Waals surface area contributed by atoms with Crippen molar-refractivity contribution in [2.75, 3.05) is 0 Å². The van der Waals surface area contributed by atoms with E-state index in [9.17, 15) is 5.11 Å². The molecule has 52 heavy (non-hydrogen) atoms. The van der Waals surface area contributed by atoms with E-state index < -0.39 is 8.07 Å². The number of aromatic nitrogens is 2. The summed E-state index contributed by atoms with van der Waals surface area (Å²) in [6.45, 7) is 26.6. The third kappa shape index (κ3) is 7.91. The normalized spacial score (nSPS) is 24.3. The average molecular weight is 718 g/mol. The Morgan fingerprint density at radius 2 is 1.81 bits per heavy atom. The van der Waals surface area contributed by atoms with E-state index >= 15 is 0 Å². The molecule has 4 heterocycles. The van der Waals surface area contributed by atoms with Crippen molar-refractivity contribution in [2.24, 2.45) is 17.8 Å². The van der Waals surface area contributed by atoms with E-state index in [1.165, 1.54) is 71.3 Å². The van der Waals surface area contributed by atoms with Gasteiger partial charge in [-0.2, -0.15) is 9.13 Å². The molecule has 0 spiro atoms. The summed E-state index contributed by atoms with van der Waals surface area (Å²) >= 11 is 0. The Bertz CT molecular complexity index is 1790. The number of benzene rings is 1. The molecule has 6 rings (SSSR count). The van der Waals surface area contributed by atoms with Gasteiger partial charge in [-0.25, -0.2) is 0 Å². The minimum Gasteiger partial charge on any atom is -0.495 e. The molecule has 1 aliphatic carbocycles. The lowest BCUT2D eigenvalue weighted by atomic mass is 9.63. The van der Waals surface area contributed by atoms with Crippen LogP contribution in [-0.2, 0) is 19.4 Å².